The van der Waals surface area contributed by atoms with Crippen LogP contribution in [0.3, 0.4) is 0 Å². The predicted octanol–water partition coefficient (Wildman–Crippen LogP) is 1.75. The number of nitrogens with zero attached hydrogens (tertiary/aromatic N) is 1. The maximum Gasteiger partial charge on any atom is 0.287 e. The molecule has 2 rings (SSSR count). The molecule has 1 aromatic carbocycles. The van der Waals surface area contributed by atoms with Crippen LogP contribution in [-0.2, 0) is 10.0 Å². The summed E-state index contributed by atoms with van der Waals surface area (Å²) in [4.78, 5) is 11.7. The topological polar surface area (TPSA) is 79.6 Å². The fraction of sp³-hybridized carbons (Fsp3) is 0.214. The SMILES string of the molecule is CS(=O)(=O)N(CCNC(=O)c1ccco1)c1ccc(F)c(F)c1. The van der Waals surface area contributed by atoms with Crippen LogP contribution in [0.15, 0.2) is 41.0 Å². The third kappa shape index (κ3) is 4.28. The van der Waals surface area contributed by atoms with Gasteiger partial charge in [-0.1, -0.05) is 0 Å². The molecule has 124 valence electrons. The summed E-state index contributed by atoms with van der Waals surface area (Å²) in [7, 11) is -3.73. The fourth-order valence-corrected chi connectivity index (χ4v) is 2.81. The first-order valence-electron chi connectivity index (χ1n) is 6.53. The average molecular weight is 344 g/mol. The van der Waals surface area contributed by atoms with Crippen molar-refractivity contribution in [3.05, 3.63) is 54.0 Å². The van der Waals surface area contributed by atoms with Crippen molar-refractivity contribution in [3.63, 3.8) is 0 Å². The molecule has 1 N–H and O–H groups in total. The highest BCUT2D eigenvalue weighted by atomic mass is 32.2. The molecule has 0 radical (unpaired) electrons. The molecular weight excluding hydrogens is 330 g/mol. The highest BCUT2D eigenvalue weighted by molar-refractivity contribution is 7.92. The third-order valence-corrected chi connectivity index (χ3v) is 4.13. The Labute approximate surface area is 131 Å². The standard InChI is InChI=1S/C14H14F2N2O4S/c1-23(20,21)18(10-4-5-11(15)12(16)9-10)7-6-17-14(19)13-3-2-8-22-13/h2-5,8-9H,6-7H2,1H3,(H,17,19). The van der Waals surface area contributed by atoms with Gasteiger partial charge < -0.3 is 9.73 Å². The summed E-state index contributed by atoms with van der Waals surface area (Å²) in [6.07, 6.45) is 2.27. The van der Waals surface area contributed by atoms with Crippen LogP contribution >= 0.6 is 0 Å². The molecule has 0 saturated carbocycles. The van der Waals surface area contributed by atoms with E-state index < -0.39 is 27.6 Å². The summed E-state index contributed by atoms with van der Waals surface area (Å²) >= 11 is 0. The number of furan rings is 1. The molecule has 0 aliphatic carbocycles. The van der Waals surface area contributed by atoms with Crippen molar-refractivity contribution in [1.29, 1.82) is 0 Å². The minimum atomic E-state index is -3.73. The highest BCUT2D eigenvalue weighted by Crippen LogP contribution is 2.20. The van der Waals surface area contributed by atoms with Crippen LogP contribution in [-0.4, -0.2) is 33.7 Å². The maximum absolute atomic E-state index is 13.3. The highest BCUT2D eigenvalue weighted by Gasteiger charge is 2.19. The van der Waals surface area contributed by atoms with E-state index in [2.05, 4.69) is 5.32 Å². The summed E-state index contributed by atoms with van der Waals surface area (Å²) in [6.45, 7) is -0.179. The van der Waals surface area contributed by atoms with Crippen LogP contribution in [0.2, 0.25) is 0 Å². The van der Waals surface area contributed by atoms with Crippen LogP contribution in [0.5, 0.6) is 0 Å². The van der Waals surface area contributed by atoms with E-state index in [1.165, 1.54) is 12.3 Å². The van der Waals surface area contributed by atoms with Gasteiger partial charge in [0.15, 0.2) is 17.4 Å². The van der Waals surface area contributed by atoms with Crippen LogP contribution < -0.4 is 9.62 Å². The van der Waals surface area contributed by atoms with Crippen molar-refractivity contribution in [2.45, 2.75) is 0 Å². The van der Waals surface area contributed by atoms with E-state index in [0.29, 0.717) is 0 Å². The number of benzene rings is 1. The number of hydrogen-bond donors (Lipinski definition) is 1. The van der Waals surface area contributed by atoms with Gasteiger partial charge in [-0.05, 0) is 24.3 Å². The molecule has 2 aromatic rings. The molecule has 0 bridgehead atoms. The van der Waals surface area contributed by atoms with Gasteiger partial charge in [-0.15, -0.1) is 0 Å². The Morgan fingerprint density at radius 1 is 1.26 bits per heavy atom. The number of hydrogen-bond acceptors (Lipinski definition) is 4. The van der Waals surface area contributed by atoms with Crippen molar-refractivity contribution in [1.82, 2.24) is 5.32 Å². The second-order valence-electron chi connectivity index (χ2n) is 4.67. The molecule has 0 fully saturated rings. The van der Waals surface area contributed by atoms with Crippen molar-refractivity contribution in [3.8, 4) is 0 Å². The molecule has 1 heterocycles. The van der Waals surface area contributed by atoms with Gasteiger partial charge in [0.2, 0.25) is 10.0 Å². The molecule has 0 aliphatic rings. The number of halogens is 2. The molecule has 0 spiro atoms. The molecule has 0 unspecified atom stereocenters. The average Bonchev–Trinajstić information content (AvgIpc) is 2.99. The zero-order valence-corrected chi connectivity index (χ0v) is 12.9. The number of amides is 1. The fourth-order valence-electron chi connectivity index (χ4n) is 1.89. The summed E-state index contributed by atoms with van der Waals surface area (Å²) in [5.74, 6) is -2.65. The Kier molecular flexibility index (Phi) is 4.99. The van der Waals surface area contributed by atoms with Gasteiger partial charge in [0.1, 0.15) is 0 Å². The van der Waals surface area contributed by atoms with Crippen molar-refractivity contribution in [2.24, 2.45) is 0 Å². The van der Waals surface area contributed by atoms with Crippen molar-refractivity contribution >= 4 is 21.6 Å². The van der Waals surface area contributed by atoms with Crippen molar-refractivity contribution in [2.75, 3.05) is 23.7 Å². The Morgan fingerprint density at radius 2 is 2.00 bits per heavy atom. The first kappa shape index (κ1) is 16.9. The molecule has 9 heteroatoms. The molecule has 1 amide bonds. The van der Waals surface area contributed by atoms with Gasteiger partial charge in [0.05, 0.1) is 24.8 Å². The second kappa shape index (κ2) is 6.78. The van der Waals surface area contributed by atoms with Crippen LogP contribution in [0, 0.1) is 11.6 Å². The van der Waals surface area contributed by atoms with Gasteiger partial charge in [0, 0.05) is 12.6 Å². The van der Waals surface area contributed by atoms with Gasteiger partial charge in [-0.2, -0.15) is 0 Å². The predicted molar refractivity (Wildman–Crippen MR) is 79.6 cm³/mol. The second-order valence-corrected chi connectivity index (χ2v) is 6.57. The lowest BCUT2D eigenvalue weighted by Gasteiger charge is -2.22. The molecular formula is C14H14F2N2O4S. The summed E-state index contributed by atoms with van der Waals surface area (Å²) in [6, 6.07) is 5.76. The van der Waals surface area contributed by atoms with E-state index in [0.717, 1.165) is 28.8 Å². The number of nitrogens with one attached hydrogen (secondary N) is 1. The third-order valence-electron chi connectivity index (χ3n) is 2.94. The van der Waals surface area contributed by atoms with Gasteiger partial charge in [-0.25, -0.2) is 17.2 Å². The van der Waals surface area contributed by atoms with Crippen LogP contribution in [0.4, 0.5) is 14.5 Å². The monoisotopic (exact) mass is 344 g/mol. The van der Waals surface area contributed by atoms with E-state index >= 15 is 0 Å². The van der Waals surface area contributed by atoms with Gasteiger partial charge in [0.25, 0.3) is 5.91 Å². The number of sulfonamides is 1. The van der Waals surface area contributed by atoms with Gasteiger partial charge in [-0.3, -0.25) is 9.10 Å². The van der Waals surface area contributed by atoms with E-state index in [1.54, 1.807) is 6.07 Å². The van der Waals surface area contributed by atoms with E-state index in [1.807, 2.05) is 0 Å². The zero-order valence-electron chi connectivity index (χ0n) is 12.1. The lowest BCUT2D eigenvalue weighted by Crippen LogP contribution is -2.38. The molecule has 23 heavy (non-hydrogen) atoms. The number of carbonyl (C=O) groups is 1. The normalized spacial score (nSPS) is 11.3. The number of carbonyl (C=O) groups excluding carboxylic acids is 1. The van der Waals surface area contributed by atoms with E-state index in [4.69, 9.17) is 4.42 Å². The summed E-state index contributed by atoms with van der Waals surface area (Å²) < 4.78 is 55.6. The maximum atomic E-state index is 13.3. The Balaban J connectivity index is 2.08. The minimum Gasteiger partial charge on any atom is -0.459 e. The van der Waals surface area contributed by atoms with E-state index in [9.17, 15) is 22.0 Å². The Morgan fingerprint density at radius 3 is 2.57 bits per heavy atom. The molecule has 0 saturated heterocycles. The minimum absolute atomic E-state index is 0.0290. The van der Waals surface area contributed by atoms with E-state index in [-0.39, 0.29) is 24.5 Å². The lowest BCUT2D eigenvalue weighted by atomic mass is 10.3. The largest absolute Gasteiger partial charge is 0.459 e. The van der Waals surface area contributed by atoms with Crippen LogP contribution in [0.1, 0.15) is 10.6 Å². The smallest absolute Gasteiger partial charge is 0.287 e. The number of anilines is 1. The van der Waals surface area contributed by atoms with Gasteiger partial charge >= 0.3 is 0 Å². The summed E-state index contributed by atoms with van der Waals surface area (Å²) in [5, 5.41) is 2.48. The molecule has 1 aromatic heterocycles. The summed E-state index contributed by atoms with van der Waals surface area (Å²) in [5.41, 5.74) is -0.0290. The van der Waals surface area contributed by atoms with Crippen LogP contribution in [0.25, 0.3) is 0 Å². The molecule has 6 nitrogen and oxygen atoms in total. The quantitative estimate of drug-likeness (QED) is 0.866. The Bertz CT molecular complexity index is 791. The van der Waals surface area contributed by atoms with Crippen molar-refractivity contribution < 1.29 is 26.4 Å². The number of rotatable bonds is 6. The first-order chi connectivity index (χ1) is 10.8. The Hall–Kier alpha value is -2.42. The molecule has 0 atom stereocenters. The zero-order chi connectivity index (χ0) is 17.0. The first-order valence-corrected chi connectivity index (χ1v) is 8.38. The molecule has 0 aliphatic heterocycles. The lowest BCUT2D eigenvalue weighted by molar-refractivity contribution is 0.0927.